The number of anilines is 1. The molecule has 0 aliphatic heterocycles. The molecule has 0 spiro atoms. The number of hydrogen-bond donors (Lipinski definition) is 2. The lowest BCUT2D eigenvalue weighted by Gasteiger charge is -2.16. The van der Waals surface area contributed by atoms with Crippen LogP contribution in [0.15, 0.2) is 18.2 Å². The predicted octanol–water partition coefficient (Wildman–Crippen LogP) is 2.57. The van der Waals surface area contributed by atoms with Crippen molar-refractivity contribution in [2.45, 2.75) is 26.8 Å². The number of benzene rings is 1. The molecular weight excluding hydrogens is 224 g/mol. The molecule has 16 heavy (non-hydrogen) atoms. The molecule has 3 nitrogen and oxygen atoms in total. The minimum absolute atomic E-state index is 0.101. The van der Waals surface area contributed by atoms with Gasteiger partial charge >= 0.3 is 0 Å². The van der Waals surface area contributed by atoms with Gasteiger partial charge in [0.25, 0.3) is 0 Å². The normalized spacial score (nSPS) is 12.6. The molecule has 0 saturated heterocycles. The van der Waals surface area contributed by atoms with Crippen molar-refractivity contribution < 1.29 is 4.79 Å². The molecule has 1 aromatic carbocycles. The zero-order chi connectivity index (χ0) is 12.3. The molecule has 1 aromatic rings. The van der Waals surface area contributed by atoms with E-state index in [9.17, 15) is 4.79 Å². The van der Waals surface area contributed by atoms with E-state index in [0.717, 1.165) is 5.56 Å². The van der Waals surface area contributed by atoms with Crippen molar-refractivity contribution >= 4 is 23.2 Å². The van der Waals surface area contributed by atoms with Crippen LogP contribution in [0.3, 0.4) is 0 Å². The van der Waals surface area contributed by atoms with E-state index >= 15 is 0 Å². The Labute approximate surface area is 101 Å². The van der Waals surface area contributed by atoms with Crippen LogP contribution in [0.2, 0.25) is 5.02 Å². The molecule has 3 N–H and O–H groups in total. The maximum Gasteiger partial charge on any atom is 0.241 e. The first kappa shape index (κ1) is 13.0. The first-order chi connectivity index (χ1) is 7.41. The molecular formula is C12H17ClN2O. The maximum absolute atomic E-state index is 11.7. The molecule has 0 saturated carbocycles. The summed E-state index contributed by atoms with van der Waals surface area (Å²) in [4.78, 5) is 11.7. The van der Waals surface area contributed by atoms with Crippen molar-refractivity contribution in [2.75, 3.05) is 5.32 Å². The SMILES string of the molecule is Cc1ccc(Cl)c(NC(=O)[C@@H](N)C(C)C)c1. The molecule has 0 aliphatic carbocycles. The lowest BCUT2D eigenvalue weighted by molar-refractivity contribution is -0.118. The summed E-state index contributed by atoms with van der Waals surface area (Å²) in [5.41, 5.74) is 7.39. The van der Waals surface area contributed by atoms with Gasteiger partial charge in [0, 0.05) is 0 Å². The first-order valence-corrected chi connectivity index (χ1v) is 5.62. The van der Waals surface area contributed by atoms with Crippen molar-refractivity contribution in [3.63, 3.8) is 0 Å². The van der Waals surface area contributed by atoms with Gasteiger partial charge in [-0.3, -0.25) is 4.79 Å². The van der Waals surface area contributed by atoms with Gasteiger partial charge in [-0.1, -0.05) is 31.5 Å². The molecule has 4 heteroatoms. The lowest BCUT2D eigenvalue weighted by atomic mass is 10.0. The maximum atomic E-state index is 11.7. The van der Waals surface area contributed by atoms with E-state index in [1.54, 1.807) is 6.07 Å². The number of hydrogen-bond acceptors (Lipinski definition) is 2. The van der Waals surface area contributed by atoms with Crippen LogP contribution in [0.4, 0.5) is 5.69 Å². The Bertz CT molecular complexity index is 391. The molecule has 88 valence electrons. The van der Waals surface area contributed by atoms with Crippen LogP contribution < -0.4 is 11.1 Å². The van der Waals surface area contributed by atoms with Crippen molar-refractivity contribution in [3.8, 4) is 0 Å². The number of nitrogens with one attached hydrogen (secondary N) is 1. The number of rotatable bonds is 3. The monoisotopic (exact) mass is 240 g/mol. The van der Waals surface area contributed by atoms with Crippen LogP contribution in [-0.2, 0) is 4.79 Å². The number of halogens is 1. The highest BCUT2D eigenvalue weighted by atomic mass is 35.5. The van der Waals surface area contributed by atoms with Gasteiger partial charge in [0.2, 0.25) is 5.91 Å². The summed E-state index contributed by atoms with van der Waals surface area (Å²) in [5, 5.41) is 3.26. The molecule has 1 atom stereocenters. The van der Waals surface area contributed by atoms with Gasteiger partial charge < -0.3 is 11.1 Å². The summed E-state index contributed by atoms with van der Waals surface area (Å²) in [6.07, 6.45) is 0. The average Bonchev–Trinajstić information content (AvgIpc) is 2.22. The van der Waals surface area contributed by atoms with E-state index in [-0.39, 0.29) is 11.8 Å². The molecule has 0 aliphatic rings. The Hall–Kier alpha value is -1.06. The van der Waals surface area contributed by atoms with Gasteiger partial charge in [0.05, 0.1) is 16.8 Å². The van der Waals surface area contributed by atoms with E-state index in [0.29, 0.717) is 10.7 Å². The molecule has 0 fully saturated rings. The third kappa shape index (κ3) is 3.22. The number of nitrogens with two attached hydrogens (primary N) is 1. The third-order valence-corrected chi connectivity index (χ3v) is 2.73. The molecule has 0 bridgehead atoms. The topological polar surface area (TPSA) is 55.1 Å². The van der Waals surface area contributed by atoms with Crippen LogP contribution in [-0.4, -0.2) is 11.9 Å². The highest BCUT2D eigenvalue weighted by Crippen LogP contribution is 2.23. The Balaban J connectivity index is 2.80. The van der Waals surface area contributed by atoms with Crippen molar-refractivity contribution in [1.29, 1.82) is 0 Å². The highest BCUT2D eigenvalue weighted by Gasteiger charge is 2.17. The fourth-order valence-corrected chi connectivity index (χ4v) is 1.42. The number of amides is 1. The van der Waals surface area contributed by atoms with Crippen LogP contribution >= 0.6 is 11.6 Å². The Morgan fingerprint density at radius 2 is 2.06 bits per heavy atom. The fourth-order valence-electron chi connectivity index (χ4n) is 1.25. The standard InChI is InChI=1S/C12H17ClN2O/c1-7(2)11(14)12(16)15-10-6-8(3)4-5-9(10)13/h4-7,11H,14H2,1-3H3,(H,15,16)/t11-/m0/s1. The van der Waals surface area contributed by atoms with Gasteiger partial charge in [-0.05, 0) is 30.5 Å². The van der Waals surface area contributed by atoms with Gasteiger partial charge in [-0.15, -0.1) is 0 Å². The lowest BCUT2D eigenvalue weighted by Crippen LogP contribution is -2.39. The Kier molecular flexibility index (Phi) is 4.33. The third-order valence-electron chi connectivity index (χ3n) is 2.40. The molecule has 0 unspecified atom stereocenters. The minimum atomic E-state index is -0.517. The second-order valence-electron chi connectivity index (χ2n) is 4.24. The molecule has 0 aromatic heterocycles. The summed E-state index contributed by atoms with van der Waals surface area (Å²) in [6, 6.07) is 4.96. The average molecular weight is 241 g/mol. The second-order valence-corrected chi connectivity index (χ2v) is 4.65. The molecule has 0 radical (unpaired) electrons. The summed E-state index contributed by atoms with van der Waals surface area (Å²) in [7, 11) is 0. The first-order valence-electron chi connectivity index (χ1n) is 5.24. The largest absolute Gasteiger partial charge is 0.323 e. The van der Waals surface area contributed by atoms with E-state index in [1.807, 2.05) is 32.9 Å². The van der Waals surface area contributed by atoms with Crippen LogP contribution in [0.5, 0.6) is 0 Å². The zero-order valence-electron chi connectivity index (χ0n) is 9.75. The summed E-state index contributed by atoms with van der Waals surface area (Å²) in [5.74, 6) is -0.105. The molecule has 1 rings (SSSR count). The number of carbonyl (C=O) groups is 1. The van der Waals surface area contributed by atoms with Crippen molar-refractivity contribution in [2.24, 2.45) is 11.7 Å². The van der Waals surface area contributed by atoms with Crippen LogP contribution in [0.1, 0.15) is 19.4 Å². The number of aryl methyl sites for hydroxylation is 1. The molecule has 0 heterocycles. The summed E-state index contributed by atoms with van der Waals surface area (Å²) < 4.78 is 0. The molecule has 1 amide bonds. The van der Waals surface area contributed by atoms with E-state index in [4.69, 9.17) is 17.3 Å². The smallest absolute Gasteiger partial charge is 0.241 e. The highest BCUT2D eigenvalue weighted by molar-refractivity contribution is 6.33. The van der Waals surface area contributed by atoms with E-state index < -0.39 is 6.04 Å². The fraction of sp³-hybridized carbons (Fsp3) is 0.417. The predicted molar refractivity (Wildman–Crippen MR) is 67.6 cm³/mol. The van der Waals surface area contributed by atoms with Gasteiger partial charge in [0.15, 0.2) is 0 Å². The van der Waals surface area contributed by atoms with Crippen LogP contribution in [0.25, 0.3) is 0 Å². The summed E-state index contributed by atoms with van der Waals surface area (Å²) in [6.45, 7) is 5.75. The second kappa shape index (κ2) is 5.32. The zero-order valence-corrected chi connectivity index (χ0v) is 10.5. The van der Waals surface area contributed by atoms with E-state index in [1.165, 1.54) is 0 Å². The van der Waals surface area contributed by atoms with Crippen molar-refractivity contribution in [1.82, 2.24) is 0 Å². The Morgan fingerprint density at radius 3 is 2.62 bits per heavy atom. The van der Waals surface area contributed by atoms with Gasteiger partial charge in [0.1, 0.15) is 0 Å². The Morgan fingerprint density at radius 1 is 1.44 bits per heavy atom. The van der Waals surface area contributed by atoms with E-state index in [2.05, 4.69) is 5.32 Å². The van der Waals surface area contributed by atoms with Gasteiger partial charge in [-0.2, -0.15) is 0 Å². The van der Waals surface area contributed by atoms with Gasteiger partial charge in [-0.25, -0.2) is 0 Å². The minimum Gasteiger partial charge on any atom is -0.323 e. The quantitative estimate of drug-likeness (QED) is 0.853. The van der Waals surface area contributed by atoms with Crippen LogP contribution in [0, 0.1) is 12.8 Å². The number of carbonyl (C=O) groups excluding carboxylic acids is 1. The summed E-state index contributed by atoms with van der Waals surface area (Å²) >= 11 is 5.97. The van der Waals surface area contributed by atoms with Crippen molar-refractivity contribution in [3.05, 3.63) is 28.8 Å².